The van der Waals surface area contributed by atoms with Gasteiger partial charge in [0, 0.05) is 0 Å². The Morgan fingerprint density at radius 2 is 1.81 bits per heavy atom. The number of methoxy groups -OCH3 is 1. The normalized spacial score (nSPS) is 11.8. The molecular formula is C28H30FN3O4. The number of halogens is 1. The first-order valence-electron chi connectivity index (χ1n) is 11.5. The number of hydrazone groups is 1. The van der Waals surface area contributed by atoms with Crippen molar-refractivity contribution in [2.24, 2.45) is 11.0 Å². The van der Waals surface area contributed by atoms with Crippen LogP contribution in [-0.2, 0) is 11.4 Å². The van der Waals surface area contributed by atoms with Gasteiger partial charge >= 0.3 is 0 Å². The standard InChI is InChI=1S/C28H30FN3O4/c1-18(2)26(31-27(33)22-10-5-6-11-23(22)29)28(34)32-30-16-20-12-13-24(25(15-20)35-4)36-17-21-9-7-8-19(3)14-21/h5-16,18,26H,17H2,1-4H3,(H,31,33)(H,32,34). The number of carbonyl (C=O) groups excluding carboxylic acids is 2. The average molecular weight is 492 g/mol. The Labute approximate surface area is 210 Å². The molecule has 2 N–H and O–H groups in total. The van der Waals surface area contributed by atoms with Crippen LogP contribution >= 0.6 is 0 Å². The smallest absolute Gasteiger partial charge is 0.262 e. The molecule has 188 valence electrons. The lowest BCUT2D eigenvalue weighted by Gasteiger charge is -2.20. The quantitative estimate of drug-likeness (QED) is 0.320. The second-order valence-corrected chi connectivity index (χ2v) is 8.60. The molecule has 3 aromatic rings. The molecule has 3 aromatic carbocycles. The molecule has 0 aliphatic carbocycles. The van der Waals surface area contributed by atoms with E-state index in [1.165, 1.54) is 24.4 Å². The summed E-state index contributed by atoms with van der Waals surface area (Å²) in [5, 5.41) is 6.58. The first-order chi connectivity index (χ1) is 17.3. The highest BCUT2D eigenvalue weighted by Crippen LogP contribution is 2.28. The Kier molecular flexibility index (Phi) is 9.16. The topological polar surface area (TPSA) is 89.0 Å². The Bertz CT molecular complexity index is 1240. The molecule has 0 bridgehead atoms. The van der Waals surface area contributed by atoms with Crippen molar-refractivity contribution in [1.82, 2.24) is 10.7 Å². The third-order valence-electron chi connectivity index (χ3n) is 5.41. The van der Waals surface area contributed by atoms with Crippen LogP contribution in [0.4, 0.5) is 4.39 Å². The van der Waals surface area contributed by atoms with Crippen LogP contribution in [0.3, 0.4) is 0 Å². The predicted molar refractivity (Wildman–Crippen MR) is 137 cm³/mol. The van der Waals surface area contributed by atoms with Gasteiger partial charge in [-0.1, -0.05) is 55.8 Å². The van der Waals surface area contributed by atoms with Gasteiger partial charge in [-0.15, -0.1) is 0 Å². The lowest BCUT2D eigenvalue weighted by atomic mass is 10.0. The second-order valence-electron chi connectivity index (χ2n) is 8.60. The fraction of sp³-hybridized carbons (Fsp3) is 0.250. The number of hydrogen-bond acceptors (Lipinski definition) is 5. The summed E-state index contributed by atoms with van der Waals surface area (Å²) in [5.41, 5.74) is 5.19. The molecule has 0 saturated heterocycles. The highest BCUT2D eigenvalue weighted by Gasteiger charge is 2.25. The van der Waals surface area contributed by atoms with Gasteiger partial charge in [-0.25, -0.2) is 9.82 Å². The zero-order valence-electron chi connectivity index (χ0n) is 20.7. The monoisotopic (exact) mass is 491 g/mol. The lowest BCUT2D eigenvalue weighted by molar-refractivity contribution is -0.123. The van der Waals surface area contributed by atoms with Gasteiger partial charge in [0.15, 0.2) is 11.5 Å². The summed E-state index contributed by atoms with van der Waals surface area (Å²) in [7, 11) is 1.54. The maximum atomic E-state index is 13.9. The van der Waals surface area contributed by atoms with Crippen molar-refractivity contribution in [3.63, 3.8) is 0 Å². The van der Waals surface area contributed by atoms with Gasteiger partial charge in [-0.05, 0) is 54.3 Å². The van der Waals surface area contributed by atoms with E-state index in [1.54, 1.807) is 45.2 Å². The molecule has 0 spiro atoms. The van der Waals surface area contributed by atoms with Crippen molar-refractivity contribution in [3.05, 3.63) is 94.8 Å². The molecule has 36 heavy (non-hydrogen) atoms. The number of rotatable bonds is 10. The van der Waals surface area contributed by atoms with Gasteiger partial charge in [0.1, 0.15) is 18.5 Å². The van der Waals surface area contributed by atoms with Crippen LogP contribution in [0.5, 0.6) is 11.5 Å². The maximum Gasteiger partial charge on any atom is 0.262 e. The molecule has 0 aliphatic heterocycles. The van der Waals surface area contributed by atoms with Crippen LogP contribution < -0.4 is 20.2 Å². The van der Waals surface area contributed by atoms with Gasteiger partial charge in [-0.3, -0.25) is 9.59 Å². The molecule has 8 heteroatoms. The number of amides is 2. The minimum Gasteiger partial charge on any atom is -0.493 e. The van der Waals surface area contributed by atoms with Crippen molar-refractivity contribution in [1.29, 1.82) is 0 Å². The van der Waals surface area contributed by atoms with Crippen LogP contribution in [-0.4, -0.2) is 31.2 Å². The van der Waals surface area contributed by atoms with Gasteiger partial charge in [0.25, 0.3) is 11.8 Å². The van der Waals surface area contributed by atoms with Crippen LogP contribution in [0.2, 0.25) is 0 Å². The van der Waals surface area contributed by atoms with E-state index in [1.807, 2.05) is 25.1 Å². The maximum absolute atomic E-state index is 13.9. The molecule has 2 amide bonds. The number of nitrogens with zero attached hydrogens (tertiary/aromatic N) is 1. The molecule has 0 aromatic heterocycles. The average Bonchev–Trinajstić information content (AvgIpc) is 2.86. The summed E-state index contributed by atoms with van der Waals surface area (Å²) in [6.45, 7) is 5.97. The van der Waals surface area contributed by atoms with Crippen molar-refractivity contribution in [3.8, 4) is 11.5 Å². The van der Waals surface area contributed by atoms with E-state index in [0.717, 1.165) is 11.1 Å². The van der Waals surface area contributed by atoms with Crippen molar-refractivity contribution >= 4 is 18.0 Å². The van der Waals surface area contributed by atoms with Gasteiger partial charge in [0.2, 0.25) is 0 Å². The Morgan fingerprint density at radius 1 is 1.03 bits per heavy atom. The van der Waals surface area contributed by atoms with E-state index in [9.17, 15) is 14.0 Å². The number of carbonyl (C=O) groups is 2. The van der Waals surface area contributed by atoms with E-state index >= 15 is 0 Å². The first kappa shape index (κ1) is 26.4. The summed E-state index contributed by atoms with van der Waals surface area (Å²) in [4.78, 5) is 25.1. The predicted octanol–water partition coefficient (Wildman–Crippen LogP) is 4.63. The molecule has 0 radical (unpaired) electrons. The van der Waals surface area contributed by atoms with Crippen LogP contribution in [0.1, 0.15) is 40.9 Å². The highest BCUT2D eigenvalue weighted by atomic mass is 19.1. The lowest BCUT2D eigenvalue weighted by Crippen LogP contribution is -2.48. The Balaban J connectivity index is 1.62. The zero-order valence-corrected chi connectivity index (χ0v) is 20.7. The summed E-state index contributed by atoms with van der Waals surface area (Å²) < 4.78 is 25.3. The number of nitrogens with one attached hydrogen (secondary N) is 2. The SMILES string of the molecule is COc1cc(C=NNC(=O)C(NC(=O)c2ccccc2F)C(C)C)ccc1OCc1cccc(C)c1. The first-order valence-corrected chi connectivity index (χ1v) is 11.5. The fourth-order valence-corrected chi connectivity index (χ4v) is 3.49. The van der Waals surface area contributed by atoms with E-state index in [-0.39, 0.29) is 11.5 Å². The van der Waals surface area contributed by atoms with Crippen LogP contribution in [0.25, 0.3) is 0 Å². The van der Waals surface area contributed by atoms with Crippen molar-refractivity contribution in [2.45, 2.75) is 33.4 Å². The third-order valence-corrected chi connectivity index (χ3v) is 5.41. The molecular weight excluding hydrogens is 461 g/mol. The van der Waals surface area contributed by atoms with Gasteiger partial charge < -0.3 is 14.8 Å². The summed E-state index contributed by atoms with van der Waals surface area (Å²) in [6, 6.07) is 18.0. The molecule has 0 heterocycles. The number of hydrogen-bond donors (Lipinski definition) is 2. The Hall–Kier alpha value is -4.20. The summed E-state index contributed by atoms with van der Waals surface area (Å²) in [6.07, 6.45) is 1.46. The number of ether oxygens (including phenoxy) is 2. The van der Waals surface area contributed by atoms with Gasteiger partial charge in [0.05, 0.1) is 18.9 Å². The molecule has 0 fully saturated rings. The molecule has 1 atom stereocenters. The fourth-order valence-electron chi connectivity index (χ4n) is 3.49. The van der Waals surface area contributed by atoms with E-state index < -0.39 is 23.7 Å². The van der Waals surface area contributed by atoms with Crippen LogP contribution in [0.15, 0.2) is 71.8 Å². The zero-order chi connectivity index (χ0) is 26.1. The summed E-state index contributed by atoms with van der Waals surface area (Å²) in [5.74, 6) is -0.990. The van der Waals surface area contributed by atoms with E-state index in [4.69, 9.17) is 9.47 Å². The number of benzene rings is 3. The largest absolute Gasteiger partial charge is 0.493 e. The van der Waals surface area contributed by atoms with E-state index in [2.05, 4.69) is 21.9 Å². The highest BCUT2D eigenvalue weighted by molar-refractivity contribution is 5.98. The molecule has 1 unspecified atom stereocenters. The minimum absolute atomic E-state index is 0.128. The Morgan fingerprint density at radius 3 is 2.50 bits per heavy atom. The molecule has 0 saturated carbocycles. The minimum atomic E-state index is -0.902. The number of aryl methyl sites for hydroxylation is 1. The molecule has 0 aliphatic rings. The summed E-state index contributed by atoms with van der Waals surface area (Å²) >= 11 is 0. The van der Waals surface area contributed by atoms with Gasteiger partial charge in [-0.2, -0.15) is 5.10 Å². The van der Waals surface area contributed by atoms with Crippen molar-refractivity contribution in [2.75, 3.05) is 7.11 Å². The van der Waals surface area contributed by atoms with Crippen molar-refractivity contribution < 1.29 is 23.5 Å². The third kappa shape index (κ3) is 7.15. The second kappa shape index (κ2) is 12.5. The van der Waals surface area contributed by atoms with E-state index in [0.29, 0.717) is 23.7 Å². The molecule has 7 nitrogen and oxygen atoms in total. The molecule has 3 rings (SSSR count). The van der Waals surface area contributed by atoms with Crippen LogP contribution in [0, 0.1) is 18.7 Å².